The molecule has 0 spiro atoms. The molecule has 0 aliphatic rings. The third kappa shape index (κ3) is 3.81. The van der Waals surface area contributed by atoms with Crippen molar-refractivity contribution < 1.29 is 14.3 Å². The molecule has 2 aromatic carbocycles. The van der Waals surface area contributed by atoms with Gasteiger partial charge in [0.2, 0.25) is 0 Å². The van der Waals surface area contributed by atoms with Crippen molar-refractivity contribution >= 4 is 23.4 Å². The lowest BCUT2D eigenvalue weighted by molar-refractivity contribution is 0.0842. The van der Waals surface area contributed by atoms with Crippen molar-refractivity contribution in [2.75, 3.05) is 7.11 Å². The maximum absolute atomic E-state index is 12.2. The lowest BCUT2D eigenvalue weighted by atomic mass is 10.2. The van der Waals surface area contributed by atoms with Gasteiger partial charge in [0.05, 0.1) is 24.6 Å². The van der Waals surface area contributed by atoms with E-state index in [-0.39, 0.29) is 11.3 Å². The molecule has 1 heterocycles. The van der Waals surface area contributed by atoms with Crippen LogP contribution in [0, 0.1) is 0 Å². The molecule has 8 nitrogen and oxygen atoms in total. The molecule has 26 heavy (non-hydrogen) atoms. The zero-order chi connectivity index (χ0) is 18.5. The van der Waals surface area contributed by atoms with Crippen LogP contribution in [0.2, 0.25) is 5.02 Å². The molecule has 3 aromatic rings. The number of amides is 2. The third-order valence-electron chi connectivity index (χ3n) is 3.44. The van der Waals surface area contributed by atoms with E-state index in [0.717, 1.165) is 5.69 Å². The number of ether oxygens (including phenoxy) is 1. The van der Waals surface area contributed by atoms with Crippen LogP contribution in [0.5, 0.6) is 5.75 Å². The molecule has 0 bridgehead atoms. The second kappa shape index (κ2) is 7.66. The number of hydrogen-bond acceptors (Lipinski definition) is 5. The van der Waals surface area contributed by atoms with Gasteiger partial charge in [0, 0.05) is 5.02 Å². The van der Waals surface area contributed by atoms with E-state index in [1.165, 1.54) is 24.1 Å². The Morgan fingerprint density at radius 3 is 2.54 bits per heavy atom. The van der Waals surface area contributed by atoms with E-state index < -0.39 is 11.8 Å². The molecule has 0 saturated heterocycles. The standard InChI is InChI=1S/C17H14ClN5O3/c1-26-15-8-7-11(18)9-13(15)16(24)20-21-17(25)14-10-23(22-19-14)12-5-3-2-4-6-12/h2-10H,1H3,(H,20,24)(H,21,25). The molecule has 0 saturated carbocycles. The zero-order valence-electron chi connectivity index (χ0n) is 13.6. The van der Waals surface area contributed by atoms with Gasteiger partial charge in [-0.05, 0) is 30.3 Å². The van der Waals surface area contributed by atoms with Crippen LogP contribution >= 0.6 is 11.6 Å². The first-order chi connectivity index (χ1) is 12.6. The average molecular weight is 372 g/mol. The number of halogens is 1. The maximum atomic E-state index is 12.2. The van der Waals surface area contributed by atoms with Crippen molar-refractivity contribution in [1.82, 2.24) is 25.8 Å². The van der Waals surface area contributed by atoms with Gasteiger partial charge < -0.3 is 4.74 Å². The zero-order valence-corrected chi connectivity index (χ0v) is 14.4. The van der Waals surface area contributed by atoms with E-state index in [4.69, 9.17) is 16.3 Å². The molecule has 0 radical (unpaired) electrons. The van der Waals surface area contributed by atoms with Crippen molar-refractivity contribution in [3.63, 3.8) is 0 Å². The van der Waals surface area contributed by atoms with E-state index in [1.54, 1.807) is 12.1 Å². The molecule has 0 aliphatic carbocycles. The van der Waals surface area contributed by atoms with Gasteiger partial charge in [-0.3, -0.25) is 20.4 Å². The summed E-state index contributed by atoms with van der Waals surface area (Å²) in [5, 5.41) is 8.05. The topological polar surface area (TPSA) is 98.1 Å². The Bertz CT molecular complexity index is 943. The Balaban J connectivity index is 1.67. The molecule has 9 heteroatoms. The van der Waals surface area contributed by atoms with Crippen LogP contribution in [-0.4, -0.2) is 33.9 Å². The Kier molecular flexibility index (Phi) is 5.14. The number of benzene rings is 2. The number of nitrogens with zero attached hydrogens (tertiary/aromatic N) is 3. The summed E-state index contributed by atoms with van der Waals surface area (Å²) < 4.78 is 6.56. The molecule has 3 rings (SSSR count). The van der Waals surface area contributed by atoms with Gasteiger partial charge in [-0.15, -0.1) is 5.10 Å². The number of hydrogen-bond donors (Lipinski definition) is 2. The van der Waals surface area contributed by atoms with Crippen LogP contribution in [0.3, 0.4) is 0 Å². The fourth-order valence-electron chi connectivity index (χ4n) is 2.18. The van der Waals surface area contributed by atoms with Gasteiger partial charge in [0.1, 0.15) is 5.75 Å². The lowest BCUT2D eigenvalue weighted by Crippen LogP contribution is -2.41. The predicted octanol–water partition coefficient (Wildman–Crippen LogP) is 2.00. The number of rotatable bonds is 4. The van der Waals surface area contributed by atoms with E-state index in [2.05, 4.69) is 21.2 Å². The second-order valence-electron chi connectivity index (χ2n) is 5.14. The summed E-state index contributed by atoms with van der Waals surface area (Å²) in [6.45, 7) is 0. The number of methoxy groups -OCH3 is 1. The van der Waals surface area contributed by atoms with Crippen LogP contribution in [0.15, 0.2) is 54.7 Å². The van der Waals surface area contributed by atoms with E-state index in [9.17, 15) is 9.59 Å². The number of aromatic nitrogens is 3. The molecule has 132 valence electrons. The van der Waals surface area contributed by atoms with Crippen LogP contribution in [-0.2, 0) is 0 Å². The van der Waals surface area contributed by atoms with Crippen molar-refractivity contribution in [2.45, 2.75) is 0 Å². The molecule has 0 aliphatic heterocycles. The van der Waals surface area contributed by atoms with E-state index in [0.29, 0.717) is 10.8 Å². The molecule has 0 atom stereocenters. The molecule has 2 N–H and O–H groups in total. The molecule has 0 unspecified atom stereocenters. The fraction of sp³-hybridized carbons (Fsp3) is 0.0588. The Morgan fingerprint density at radius 1 is 1.08 bits per heavy atom. The monoisotopic (exact) mass is 371 g/mol. The number of hydrazine groups is 1. The molecule has 2 amide bonds. The largest absolute Gasteiger partial charge is 0.496 e. The summed E-state index contributed by atoms with van der Waals surface area (Å²) in [4.78, 5) is 24.4. The SMILES string of the molecule is COc1ccc(Cl)cc1C(=O)NNC(=O)c1cn(-c2ccccc2)nn1. The highest BCUT2D eigenvalue weighted by Gasteiger charge is 2.16. The summed E-state index contributed by atoms with van der Waals surface area (Å²) >= 11 is 5.89. The van der Waals surface area contributed by atoms with Crippen molar-refractivity contribution in [2.24, 2.45) is 0 Å². The highest BCUT2D eigenvalue weighted by atomic mass is 35.5. The summed E-state index contributed by atoms with van der Waals surface area (Å²) in [7, 11) is 1.43. The molecule has 1 aromatic heterocycles. The predicted molar refractivity (Wildman–Crippen MR) is 94.3 cm³/mol. The summed E-state index contributed by atoms with van der Waals surface area (Å²) in [6.07, 6.45) is 1.46. The second-order valence-corrected chi connectivity index (χ2v) is 5.57. The first kappa shape index (κ1) is 17.4. The number of carbonyl (C=O) groups is 2. The maximum Gasteiger partial charge on any atom is 0.291 e. The van der Waals surface area contributed by atoms with E-state index in [1.807, 2.05) is 30.3 Å². The van der Waals surface area contributed by atoms with Crippen molar-refractivity contribution in [1.29, 1.82) is 0 Å². The summed E-state index contributed by atoms with van der Waals surface area (Å²) in [5.74, 6) is -0.856. The van der Waals surface area contributed by atoms with Gasteiger partial charge in [-0.1, -0.05) is 35.0 Å². The summed E-state index contributed by atoms with van der Waals surface area (Å²) in [6, 6.07) is 13.8. The minimum absolute atomic E-state index is 0.0483. The van der Waals surface area contributed by atoms with Gasteiger partial charge in [-0.2, -0.15) is 0 Å². The van der Waals surface area contributed by atoms with Crippen LogP contribution in [0.1, 0.15) is 20.8 Å². The highest BCUT2D eigenvalue weighted by Crippen LogP contribution is 2.22. The van der Waals surface area contributed by atoms with Crippen LogP contribution < -0.4 is 15.6 Å². The number of carbonyl (C=O) groups excluding carboxylic acids is 2. The quantitative estimate of drug-likeness (QED) is 0.683. The fourth-order valence-corrected chi connectivity index (χ4v) is 2.35. The van der Waals surface area contributed by atoms with Gasteiger partial charge >= 0.3 is 0 Å². The van der Waals surface area contributed by atoms with Gasteiger partial charge in [-0.25, -0.2) is 4.68 Å². The first-order valence-corrected chi connectivity index (χ1v) is 7.88. The minimum Gasteiger partial charge on any atom is -0.496 e. The normalized spacial score (nSPS) is 10.2. The van der Waals surface area contributed by atoms with Crippen molar-refractivity contribution in [3.05, 3.63) is 71.0 Å². The Morgan fingerprint density at radius 2 is 1.81 bits per heavy atom. The Hall–Kier alpha value is -3.39. The Labute approximate surface area is 153 Å². The van der Waals surface area contributed by atoms with E-state index >= 15 is 0 Å². The number of para-hydroxylation sites is 1. The van der Waals surface area contributed by atoms with Crippen LogP contribution in [0.25, 0.3) is 5.69 Å². The molecular formula is C17H14ClN5O3. The molecular weight excluding hydrogens is 358 g/mol. The molecule has 0 fully saturated rings. The van der Waals surface area contributed by atoms with Gasteiger partial charge in [0.25, 0.3) is 11.8 Å². The smallest absolute Gasteiger partial charge is 0.291 e. The minimum atomic E-state index is -0.610. The van der Waals surface area contributed by atoms with Gasteiger partial charge in [0.15, 0.2) is 5.69 Å². The summed E-state index contributed by atoms with van der Waals surface area (Å²) in [5.41, 5.74) is 5.57. The third-order valence-corrected chi connectivity index (χ3v) is 3.68. The first-order valence-electron chi connectivity index (χ1n) is 7.50. The number of nitrogens with one attached hydrogen (secondary N) is 2. The highest BCUT2D eigenvalue weighted by molar-refractivity contribution is 6.31. The lowest BCUT2D eigenvalue weighted by Gasteiger charge is -2.09. The van der Waals surface area contributed by atoms with Crippen LogP contribution in [0.4, 0.5) is 0 Å². The van der Waals surface area contributed by atoms with Crippen molar-refractivity contribution in [3.8, 4) is 11.4 Å². The average Bonchev–Trinajstić information content (AvgIpc) is 3.17.